The third-order valence-electron chi connectivity index (χ3n) is 5.49. The van der Waals surface area contributed by atoms with Crippen LogP contribution in [0.1, 0.15) is 57.5 Å². The molecule has 1 saturated carbocycles. The first kappa shape index (κ1) is 20.0. The molecule has 2 heterocycles. The first-order valence-corrected chi connectivity index (χ1v) is 14.0. The standard InChI is InChI=1S/C23H31N3O2Si/c1-22(2,3)28-21(27)26-15-23(10-11-23)14-19(26)20-24-17-8-7-16(13-18(17)25-20)9-12-29(4,5)6/h7-8,13,19H,10-11,14-15H2,1-6H3,(H,24,25)/t19-/m0/s1. The number of rotatable bonds is 1. The average Bonchev–Trinajstić information content (AvgIpc) is 3.04. The van der Waals surface area contributed by atoms with Crippen molar-refractivity contribution < 1.29 is 9.53 Å². The summed E-state index contributed by atoms with van der Waals surface area (Å²) in [6.07, 6.45) is 3.07. The van der Waals surface area contributed by atoms with Gasteiger partial charge in [0.2, 0.25) is 0 Å². The number of nitrogens with zero attached hydrogens (tertiary/aromatic N) is 2. The quantitative estimate of drug-likeness (QED) is 0.517. The van der Waals surface area contributed by atoms with Crippen molar-refractivity contribution >= 4 is 25.2 Å². The highest BCUT2D eigenvalue weighted by Crippen LogP contribution is 2.58. The first-order valence-electron chi connectivity index (χ1n) is 10.5. The number of nitrogens with one attached hydrogen (secondary N) is 1. The van der Waals surface area contributed by atoms with Crippen molar-refractivity contribution in [2.75, 3.05) is 6.54 Å². The van der Waals surface area contributed by atoms with Crippen molar-refractivity contribution in [3.63, 3.8) is 0 Å². The van der Waals surface area contributed by atoms with Gasteiger partial charge in [-0.05, 0) is 63.6 Å². The zero-order valence-corrected chi connectivity index (χ0v) is 19.3. The molecule has 1 N–H and O–H groups in total. The second-order valence-corrected chi connectivity index (χ2v) is 15.4. The van der Waals surface area contributed by atoms with Gasteiger partial charge in [0, 0.05) is 12.1 Å². The summed E-state index contributed by atoms with van der Waals surface area (Å²) in [7, 11) is -1.42. The lowest BCUT2D eigenvalue weighted by Gasteiger charge is -2.27. The SMILES string of the molecule is CC(C)(C)OC(=O)N1CC2(CC2)C[C@H]1c1nc2ccc(C#C[Si](C)(C)C)cc2[nH]1. The maximum atomic E-state index is 12.9. The Morgan fingerprint density at radius 3 is 2.66 bits per heavy atom. The summed E-state index contributed by atoms with van der Waals surface area (Å²) >= 11 is 0. The summed E-state index contributed by atoms with van der Waals surface area (Å²) in [6.45, 7) is 13.2. The summed E-state index contributed by atoms with van der Waals surface area (Å²) in [5, 5.41) is 0. The van der Waals surface area contributed by atoms with Gasteiger partial charge in [0.05, 0.1) is 17.1 Å². The van der Waals surface area contributed by atoms with Crippen LogP contribution >= 0.6 is 0 Å². The van der Waals surface area contributed by atoms with Crippen LogP contribution in [0.2, 0.25) is 19.6 Å². The summed E-state index contributed by atoms with van der Waals surface area (Å²) in [5.41, 5.74) is 6.07. The number of carbonyl (C=O) groups excluding carboxylic acids is 1. The molecule has 1 saturated heterocycles. The lowest BCUT2D eigenvalue weighted by molar-refractivity contribution is 0.0212. The highest BCUT2D eigenvalue weighted by Gasteiger charge is 2.55. The van der Waals surface area contributed by atoms with Crippen LogP contribution in [-0.2, 0) is 4.74 Å². The third kappa shape index (κ3) is 4.50. The van der Waals surface area contributed by atoms with E-state index in [0.29, 0.717) is 0 Å². The topological polar surface area (TPSA) is 58.2 Å². The fourth-order valence-electron chi connectivity index (χ4n) is 3.88. The van der Waals surface area contributed by atoms with E-state index < -0.39 is 13.7 Å². The van der Waals surface area contributed by atoms with E-state index in [-0.39, 0.29) is 17.6 Å². The number of ether oxygens (including phenoxy) is 1. The smallest absolute Gasteiger partial charge is 0.410 e. The lowest BCUT2D eigenvalue weighted by atomic mass is 10.0. The predicted octanol–water partition coefficient (Wildman–Crippen LogP) is 5.25. The van der Waals surface area contributed by atoms with Crippen LogP contribution in [0, 0.1) is 16.9 Å². The van der Waals surface area contributed by atoms with Crippen LogP contribution in [0.25, 0.3) is 11.0 Å². The van der Waals surface area contributed by atoms with Crippen LogP contribution in [0.5, 0.6) is 0 Å². The van der Waals surface area contributed by atoms with Gasteiger partial charge in [-0.2, -0.15) is 0 Å². The zero-order valence-electron chi connectivity index (χ0n) is 18.3. The second kappa shape index (κ2) is 6.63. The number of hydrogen-bond acceptors (Lipinski definition) is 3. The lowest BCUT2D eigenvalue weighted by Crippen LogP contribution is -2.37. The van der Waals surface area contributed by atoms with E-state index in [1.165, 1.54) is 12.8 Å². The summed E-state index contributed by atoms with van der Waals surface area (Å²) in [5.74, 6) is 4.16. The Labute approximate surface area is 174 Å². The Kier molecular flexibility index (Phi) is 4.58. The van der Waals surface area contributed by atoms with Gasteiger partial charge in [0.1, 0.15) is 19.5 Å². The van der Waals surface area contributed by atoms with Gasteiger partial charge in [0.15, 0.2) is 0 Å². The van der Waals surface area contributed by atoms with Crippen molar-refractivity contribution in [2.24, 2.45) is 5.41 Å². The Bertz CT molecular complexity index is 1010. The van der Waals surface area contributed by atoms with E-state index in [1.807, 2.05) is 37.8 Å². The highest BCUT2D eigenvalue weighted by molar-refractivity contribution is 6.83. The van der Waals surface area contributed by atoms with E-state index in [9.17, 15) is 4.79 Å². The van der Waals surface area contributed by atoms with Crippen LogP contribution in [-0.4, -0.2) is 41.2 Å². The molecule has 1 atom stereocenters. The number of benzene rings is 1. The molecule has 1 aliphatic heterocycles. The molecule has 0 unspecified atom stereocenters. The Hall–Kier alpha value is -2.26. The fraction of sp³-hybridized carbons (Fsp3) is 0.565. The molecule has 1 spiro atoms. The molecule has 2 fully saturated rings. The molecular weight excluding hydrogens is 378 g/mol. The maximum Gasteiger partial charge on any atom is 0.410 e. The Morgan fingerprint density at radius 2 is 2.03 bits per heavy atom. The Morgan fingerprint density at radius 1 is 1.31 bits per heavy atom. The molecule has 1 aromatic carbocycles. The van der Waals surface area contributed by atoms with Crippen LogP contribution in [0.4, 0.5) is 4.79 Å². The molecule has 29 heavy (non-hydrogen) atoms. The van der Waals surface area contributed by atoms with E-state index in [1.54, 1.807) is 0 Å². The first-order chi connectivity index (χ1) is 13.4. The van der Waals surface area contributed by atoms with Gasteiger partial charge in [-0.25, -0.2) is 9.78 Å². The van der Waals surface area contributed by atoms with Gasteiger partial charge in [0.25, 0.3) is 0 Å². The van der Waals surface area contributed by atoms with Crippen LogP contribution < -0.4 is 0 Å². The fourth-order valence-corrected chi connectivity index (χ4v) is 4.40. The number of carbonyl (C=O) groups is 1. The molecule has 2 aromatic rings. The van der Waals surface area contributed by atoms with Gasteiger partial charge in [-0.1, -0.05) is 25.6 Å². The molecule has 5 nitrogen and oxygen atoms in total. The van der Waals surface area contributed by atoms with Crippen molar-refractivity contribution in [1.29, 1.82) is 0 Å². The maximum absolute atomic E-state index is 12.9. The highest BCUT2D eigenvalue weighted by atomic mass is 28.3. The molecule has 0 radical (unpaired) electrons. The minimum Gasteiger partial charge on any atom is -0.444 e. The summed E-state index contributed by atoms with van der Waals surface area (Å²) < 4.78 is 5.68. The molecular formula is C23H31N3O2Si. The zero-order chi connectivity index (χ0) is 21.0. The summed E-state index contributed by atoms with van der Waals surface area (Å²) in [4.78, 5) is 23.0. The normalized spacial score (nSPS) is 20.6. The summed E-state index contributed by atoms with van der Waals surface area (Å²) in [6, 6.07) is 6.06. The predicted molar refractivity (Wildman–Crippen MR) is 118 cm³/mol. The number of aromatic amines is 1. The number of imidazole rings is 1. The van der Waals surface area contributed by atoms with Crippen molar-refractivity contribution in [1.82, 2.24) is 14.9 Å². The van der Waals surface area contributed by atoms with Crippen molar-refractivity contribution in [3.8, 4) is 11.5 Å². The van der Waals surface area contributed by atoms with E-state index in [0.717, 1.165) is 35.4 Å². The van der Waals surface area contributed by atoms with Gasteiger partial charge in [-0.15, -0.1) is 5.54 Å². The third-order valence-corrected chi connectivity index (χ3v) is 6.37. The minimum absolute atomic E-state index is 0.0590. The van der Waals surface area contributed by atoms with Crippen LogP contribution in [0.3, 0.4) is 0 Å². The van der Waals surface area contributed by atoms with E-state index >= 15 is 0 Å². The monoisotopic (exact) mass is 409 g/mol. The van der Waals surface area contributed by atoms with Crippen LogP contribution in [0.15, 0.2) is 18.2 Å². The Balaban J connectivity index is 1.63. The molecule has 1 amide bonds. The van der Waals surface area contributed by atoms with E-state index in [4.69, 9.17) is 9.72 Å². The number of likely N-dealkylation sites (tertiary alicyclic amines) is 1. The molecule has 2 aliphatic rings. The van der Waals surface area contributed by atoms with Gasteiger partial charge < -0.3 is 9.72 Å². The minimum atomic E-state index is -1.42. The average molecular weight is 410 g/mol. The number of hydrogen-bond donors (Lipinski definition) is 1. The number of aromatic nitrogens is 2. The number of fused-ring (bicyclic) bond motifs is 1. The van der Waals surface area contributed by atoms with Gasteiger partial charge in [-0.3, -0.25) is 4.90 Å². The van der Waals surface area contributed by atoms with Crippen molar-refractivity contribution in [3.05, 3.63) is 29.6 Å². The van der Waals surface area contributed by atoms with Crippen molar-refractivity contribution in [2.45, 2.75) is 71.3 Å². The second-order valence-electron chi connectivity index (χ2n) is 10.7. The molecule has 6 heteroatoms. The molecule has 154 valence electrons. The molecule has 1 aromatic heterocycles. The number of H-pyrrole nitrogens is 1. The van der Waals surface area contributed by atoms with Gasteiger partial charge >= 0.3 is 6.09 Å². The largest absolute Gasteiger partial charge is 0.444 e. The molecule has 1 aliphatic carbocycles. The number of amides is 1. The molecule has 0 bridgehead atoms. The van der Waals surface area contributed by atoms with E-state index in [2.05, 4.69) is 42.2 Å². The molecule has 4 rings (SSSR count).